The number of carbonyl (C=O) groups excluding carboxylic acids is 1. The van der Waals surface area contributed by atoms with E-state index in [1.54, 1.807) is 36.4 Å². The van der Waals surface area contributed by atoms with Crippen molar-refractivity contribution in [3.8, 4) is 11.4 Å². The summed E-state index contributed by atoms with van der Waals surface area (Å²) in [5.74, 6) is 0.233. The van der Waals surface area contributed by atoms with Gasteiger partial charge in [0.25, 0.3) is 5.89 Å². The molecule has 2 amide bonds. The molecule has 1 atom stereocenters. The summed E-state index contributed by atoms with van der Waals surface area (Å²) in [6.45, 7) is 3.83. The smallest absolute Gasteiger partial charge is 0.326 e. The molecule has 0 aliphatic carbocycles. The number of carbonyl (C=O) groups is 1. The summed E-state index contributed by atoms with van der Waals surface area (Å²) in [6, 6.07) is 20.0. The van der Waals surface area contributed by atoms with E-state index in [0.29, 0.717) is 33.4 Å². The zero-order valence-corrected chi connectivity index (χ0v) is 19.2. The normalized spacial score (nSPS) is 16.1. The molecule has 1 N–H and O–H groups in total. The van der Waals surface area contributed by atoms with E-state index in [2.05, 4.69) is 15.5 Å². The van der Waals surface area contributed by atoms with Crippen molar-refractivity contribution in [3.05, 3.63) is 106 Å². The van der Waals surface area contributed by atoms with Gasteiger partial charge in [-0.15, -0.1) is 0 Å². The third kappa shape index (κ3) is 4.06. The van der Waals surface area contributed by atoms with Crippen LogP contribution < -0.4 is 10.2 Å². The van der Waals surface area contributed by atoms with Gasteiger partial charge in [-0.1, -0.05) is 52.7 Å². The molecule has 5 rings (SSSR count). The van der Waals surface area contributed by atoms with E-state index in [1.165, 1.54) is 17.0 Å². The van der Waals surface area contributed by atoms with Crippen molar-refractivity contribution in [1.82, 2.24) is 15.5 Å². The van der Waals surface area contributed by atoms with Gasteiger partial charge >= 0.3 is 6.03 Å². The second kappa shape index (κ2) is 8.76. The molecule has 0 spiro atoms. The van der Waals surface area contributed by atoms with Gasteiger partial charge in [-0.3, -0.25) is 4.90 Å². The van der Waals surface area contributed by atoms with Gasteiger partial charge in [-0.2, -0.15) is 4.98 Å². The summed E-state index contributed by atoms with van der Waals surface area (Å²) >= 11 is 6.19. The molecule has 0 radical (unpaired) electrons. The number of halogens is 2. The summed E-state index contributed by atoms with van der Waals surface area (Å²) in [4.78, 5) is 19.4. The lowest BCUT2D eigenvalue weighted by atomic mass is 9.94. The molecule has 34 heavy (non-hydrogen) atoms. The van der Waals surface area contributed by atoms with E-state index in [4.69, 9.17) is 16.1 Å². The lowest BCUT2D eigenvalue weighted by molar-refractivity contribution is 0.244. The quantitative estimate of drug-likeness (QED) is 0.364. The summed E-state index contributed by atoms with van der Waals surface area (Å²) < 4.78 is 19.0. The first-order valence-corrected chi connectivity index (χ1v) is 11.0. The van der Waals surface area contributed by atoms with Gasteiger partial charge in [0.1, 0.15) is 5.82 Å². The fourth-order valence-corrected chi connectivity index (χ4v) is 4.19. The van der Waals surface area contributed by atoms with E-state index in [0.717, 1.165) is 11.1 Å². The first-order chi connectivity index (χ1) is 16.4. The van der Waals surface area contributed by atoms with E-state index in [-0.39, 0.29) is 17.7 Å². The molecule has 0 bridgehead atoms. The van der Waals surface area contributed by atoms with Crippen molar-refractivity contribution in [1.29, 1.82) is 0 Å². The van der Waals surface area contributed by atoms with Gasteiger partial charge in [0.2, 0.25) is 5.82 Å². The topological polar surface area (TPSA) is 71.3 Å². The van der Waals surface area contributed by atoms with Crippen LogP contribution in [0, 0.1) is 12.7 Å². The summed E-state index contributed by atoms with van der Waals surface area (Å²) in [5.41, 5.74) is 4.49. The van der Waals surface area contributed by atoms with Gasteiger partial charge in [0, 0.05) is 16.3 Å². The number of amides is 2. The van der Waals surface area contributed by atoms with Crippen LogP contribution in [0.15, 0.2) is 83.0 Å². The first-order valence-electron chi connectivity index (χ1n) is 10.6. The Bertz CT molecular complexity index is 1400. The fourth-order valence-electron chi connectivity index (χ4n) is 4.00. The van der Waals surface area contributed by atoms with E-state index >= 15 is 0 Å². The molecule has 0 saturated carbocycles. The number of anilines is 1. The Morgan fingerprint density at radius 2 is 1.76 bits per heavy atom. The maximum atomic E-state index is 13.4. The molecule has 0 fully saturated rings. The standard InChI is InChI=1S/C26H20ClFN4O2/c1-15-6-8-17(9-7-15)23-22(25-30-24(31-34-25)18-10-12-20(28)13-11-18)16(2)32(26(33)29-23)21-5-3-4-19(27)14-21/h3-14,23H,1-2H3,(H,29,33). The molecule has 0 saturated heterocycles. The highest BCUT2D eigenvalue weighted by atomic mass is 35.5. The Morgan fingerprint density at radius 1 is 1.03 bits per heavy atom. The number of hydrogen-bond donors (Lipinski definition) is 1. The van der Waals surface area contributed by atoms with Crippen molar-refractivity contribution in [2.24, 2.45) is 0 Å². The molecule has 1 aromatic heterocycles. The molecular weight excluding hydrogens is 455 g/mol. The second-order valence-corrected chi connectivity index (χ2v) is 8.47. The van der Waals surface area contributed by atoms with Gasteiger partial charge in [0.05, 0.1) is 17.3 Å². The highest BCUT2D eigenvalue weighted by Gasteiger charge is 2.36. The predicted molar refractivity (Wildman–Crippen MR) is 129 cm³/mol. The number of nitrogens with one attached hydrogen (secondary N) is 1. The Morgan fingerprint density at radius 3 is 2.47 bits per heavy atom. The Hall–Kier alpha value is -3.97. The minimum absolute atomic E-state index is 0.259. The summed E-state index contributed by atoms with van der Waals surface area (Å²) in [5, 5.41) is 7.68. The zero-order chi connectivity index (χ0) is 23.8. The number of aryl methyl sites for hydroxylation is 1. The Balaban J connectivity index is 1.65. The molecular formula is C26H20ClFN4O2. The van der Waals surface area contributed by atoms with Crippen LogP contribution in [-0.2, 0) is 0 Å². The lowest BCUT2D eigenvalue weighted by Crippen LogP contribution is -2.46. The van der Waals surface area contributed by atoms with Gasteiger partial charge in [-0.05, 0) is 61.9 Å². The van der Waals surface area contributed by atoms with Crippen LogP contribution >= 0.6 is 11.6 Å². The SMILES string of the molecule is CC1=C(c2nc(-c3ccc(F)cc3)no2)C(c2ccc(C)cc2)NC(=O)N1c1cccc(Cl)c1. The van der Waals surface area contributed by atoms with Crippen LogP contribution in [-0.4, -0.2) is 16.2 Å². The monoisotopic (exact) mass is 474 g/mol. The van der Waals surface area contributed by atoms with Crippen molar-refractivity contribution in [2.75, 3.05) is 4.90 Å². The Kier molecular flexibility index (Phi) is 5.63. The van der Waals surface area contributed by atoms with E-state index < -0.39 is 6.04 Å². The van der Waals surface area contributed by atoms with Crippen molar-refractivity contribution in [2.45, 2.75) is 19.9 Å². The average molecular weight is 475 g/mol. The average Bonchev–Trinajstić information content (AvgIpc) is 3.29. The van der Waals surface area contributed by atoms with Crippen LogP contribution in [0.2, 0.25) is 5.02 Å². The molecule has 1 aliphatic heterocycles. The molecule has 6 nitrogen and oxygen atoms in total. The van der Waals surface area contributed by atoms with Crippen LogP contribution in [0.5, 0.6) is 0 Å². The predicted octanol–water partition coefficient (Wildman–Crippen LogP) is 6.54. The third-order valence-electron chi connectivity index (χ3n) is 5.72. The van der Waals surface area contributed by atoms with Gasteiger partial charge in [0.15, 0.2) is 0 Å². The summed E-state index contributed by atoms with van der Waals surface area (Å²) in [7, 11) is 0. The lowest BCUT2D eigenvalue weighted by Gasteiger charge is -2.35. The number of aromatic nitrogens is 2. The van der Waals surface area contributed by atoms with Crippen molar-refractivity contribution >= 4 is 28.9 Å². The molecule has 2 heterocycles. The van der Waals surface area contributed by atoms with Crippen LogP contribution in [0.4, 0.5) is 14.9 Å². The highest BCUT2D eigenvalue weighted by Crippen LogP contribution is 2.39. The zero-order valence-electron chi connectivity index (χ0n) is 18.4. The molecule has 1 unspecified atom stereocenters. The molecule has 3 aromatic carbocycles. The van der Waals surface area contributed by atoms with Gasteiger partial charge < -0.3 is 9.84 Å². The van der Waals surface area contributed by atoms with E-state index in [1.807, 2.05) is 38.1 Å². The molecule has 1 aliphatic rings. The first kappa shape index (κ1) is 21.9. The number of rotatable bonds is 4. The number of nitrogens with zero attached hydrogens (tertiary/aromatic N) is 3. The van der Waals surface area contributed by atoms with Crippen LogP contribution in [0.25, 0.3) is 17.0 Å². The van der Waals surface area contributed by atoms with E-state index in [9.17, 15) is 9.18 Å². The second-order valence-electron chi connectivity index (χ2n) is 8.04. The van der Waals surface area contributed by atoms with Crippen LogP contribution in [0.3, 0.4) is 0 Å². The molecule has 4 aromatic rings. The number of urea groups is 1. The Labute approximate surface area is 200 Å². The summed E-state index contributed by atoms with van der Waals surface area (Å²) in [6.07, 6.45) is 0. The highest BCUT2D eigenvalue weighted by molar-refractivity contribution is 6.31. The van der Waals surface area contributed by atoms with Crippen LogP contribution in [0.1, 0.15) is 30.0 Å². The molecule has 170 valence electrons. The molecule has 8 heteroatoms. The maximum absolute atomic E-state index is 13.4. The maximum Gasteiger partial charge on any atom is 0.326 e. The fraction of sp³-hybridized carbons (Fsp3) is 0.115. The number of benzene rings is 3. The minimum Gasteiger partial charge on any atom is -0.334 e. The number of hydrogen-bond acceptors (Lipinski definition) is 4. The van der Waals surface area contributed by atoms with Crippen molar-refractivity contribution < 1.29 is 13.7 Å². The van der Waals surface area contributed by atoms with Crippen molar-refractivity contribution in [3.63, 3.8) is 0 Å². The van der Waals surface area contributed by atoms with Gasteiger partial charge in [-0.25, -0.2) is 9.18 Å². The third-order valence-corrected chi connectivity index (χ3v) is 5.96. The largest absolute Gasteiger partial charge is 0.334 e. The minimum atomic E-state index is -0.509. The number of allylic oxidation sites excluding steroid dienone is 1.